The second kappa shape index (κ2) is 5.46. The fourth-order valence-electron chi connectivity index (χ4n) is 1.58. The number of carbonyl (C=O) groups excluding carboxylic acids is 1. The summed E-state index contributed by atoms with van der Waals surface area (Å²) in [6.07, 6.45) is 4.52. The van der Waals surface area contributed by atoms with Crippen molar-refractivity contribution in [1.82, 2.24) is 4.98 Å². The van der Waals surface area contributed by atoms with E-state index in [9.17, 15) is 14.7 Å². The number of aromatic nitrogens is 1. The first-order chi connectivity index (χ1) is 7.54. The summed E-state index contributed by atoms with van der Waals surface area (Å²) in [6.45, 7) is 0. The molecule has 4 N–H and O–H groups in total. The Labute approximate surface area is 93.3 Å². The first-order valence-electron chi connectivity index (χ1n) is 5.20. The zero-order chi connectivity index (χ0) is 12.0. The van der Waals surface area contributed by atoms with Crippen LogP contribution in [0.15, 0.2) is 29.2 Å². The molecule has 1 heterocycles. The highest BCUT2D eigenvalue weighted by Crippen LogP contribution is 2.28. The van der Waals surface area contributed by atoms with Crippen molar-refractivity contribution in [3.05, 3.63) is 34.7 Å². The SMILES string of the molecule is NC(=O)C1(O)CCCC1.O=c1cccc[nH]1. The van der Waals surface area contributed by atoms with Gasteiger partial charge in [0.15, 0.2) is 0 Å². The van der Waals surface area contributed by atoms with Gasteiger partial charge in [-0.3, -0.25) is 9.59 Å². The average molecular weight is 224 g/mol. The van der Waals surface area contributed by atoms with Crippen molar-refractivity contribution in [2.24, 2.45) is 5.73 Å². The number of hydrogen-bond acceptors (Lipinski definition) is 3. The molecule has 0 unspecified atom stereocenters. The van der Waals surface area contributed by atoms with E-state index in [1.54, 1.807) is 18.3 Å². The molecule has 0 bridgehead atoms. The summed E-state index contributed by atoms with van der Waals surface area (Å²) in [5.41, 5.74) is 3.72. The highest BCUT2D eigenvalue weighted by atomic mass is 16.3. The van der Waals surface area contributed by atoms with E-state index in [2.05, 4.69) is 4.98 Å². The summed E-state index contributed by atoms with van der Waals surface area (Å²) in [7, 11) is 0. The van der Waals surface area contributed by atoms with E-state index in [0.717, 1.165) is 12.8 Å². The van der Waals surface area contributed by atoms with Crippen LogP contribution in [0.25, 0.3) is 0 Å². The summed E-state index contributed by atoms with van der Waals surface area (Å²) in [6, 6.07) is 4.93. The van der Waals surface area contributed by atoms with Crippen molar-refractivity contribution >= 4 is 5.91 Å². The maximum atomic E-state index is 10.5. The van der Waals surface area contributed by atoms with Crippen LogP contribution in [0.4, 0.5) is 0 Å². The van der Waals surface area contributed by atoms with Gasteiger partial charge >= 0.3 is 0 Å². The minimum Gasteiger partial charge on any atom is -0.380 e. The van der Waals surface area contributed by atoms with Crippen molar-refractivity contribution in [3.8, 4) is 0 Å². The fraction of sp³-hybridized carbons (Fsp3) is 0.455. The number of carbonyl (C=O) groups is 1. The van der Waals surface area contributed by atoms with Crippen LogP contribution in [0.5, 0.6) is 0 Å². The van der Waals surface area contributed by atoms with Crippen LogP contribution in [0.1, 0.15) is 25.7 Å². The van der Waals surface area contributed by atoms with Gasteiger partial charge in [0.1, 0.15) is 5.60 Å². The number of hydrogen-bond donors (Lipinski definition) is 3. The molecule has 0 aromatic carbocycles. The molecule has 88 valence electrons. The molecule has 0 atom stereocenters. The van der Waals surface area contributed by atoms with E-state index in [1.807, 2.05) is 0 Å². The third-order valence-electron chi connectivity index (χ3n) is 2.57. The minimum atomic E-state index is -1.17. The van der Waals surface area contributed by atoms with Gasteiger partial charge in [0.25, 0.3) is 0 Å². The quantitative estimate of drug-likeness (QED) is 0.633. The normalized spacial score (nSPS) is 17.3. The molecule has 1 aliphatic carbocycles. The lowest BCUT2D eigenvalue weighted by atomic mass is 10.0. The highest BCUT2D eigenvalue weighted by molar-refractivity contribution is 5.83. The van der Waals surface area contributed by atoms with E-state index in [4.69, 9.17) is 5.73 Å². The number of amides is 1. The molecule has 5 heteroatoms. The third kappa shape index (κ3) is 3.51. The Bertz CT molecular complexity index is 377. The molecule has 0 aliphatic heterocycles. The Morgan fingerprint density at radius 2 is 2.00 bits per heavy atom. The van der Waals surface area contributed by atoms with Crippen molar-refractivity contribution < 1.29 is 9.90 Å². The number of pyridine rings is 1. The van der Waals surface area contributed by atoms with E-state index in [1.165, 1.54) is 6.07 Å². The van der Waals surface area contributed by atoms with Gasteiger partial charge < -0.3 is 15.8 Å². The van der Waals surface area contributed by atoms with Crippen LogP contribution in [0.2, 0.25) is 0 Å². The lowest BCUT2D eigenvalue weighted by molar-refractivity contribution is -0.135. The number of rotatable bonds is 1. The van der Waals surface area contributed by atoms with Crippen molar-refractivity contribution in [2.45, 2.75) is 31.3 Å². The van der Waals surface area contributed by atoms with Crippen LogP contribution >= 0.6 is 0 Å². The van der Waals surface area contributed by atoms with E-state index in [-0.39, 0.29) is 5.56 Å². The van der Waals surface area contributed by atoms with Gasteiger partial charge in [-0.1, -0.05) is 6.07 Å². The van der Waals surface area contributed by atoms with Crippen LogP contribution in [-0.2, 0) is 4.79 Å². The summed E-state index contributed by atoms with van der Waals surface area (Å²) in [5.74, 6) is -0.569. The van der Waals surface area contributed by atoms with Gasteiger partial charge in [-0.05, 0) is 31.7 Å². The smallest absolute Gasteiger partial charge is 0.249 e. The summed E-state index contributed by atoms with van der Waals surface area (Å²) in [5, 5.41) is 9.29. The number of aromatic amines is 1. The molecule has 1 aliphatic rings. The number of nitrogens with two attached hydrogens (primary N) is 1. The molecule has 1 fully saturated rings. The maximum Gasteiger partial charge on any atom is 0.249 e. The Balaban J connectivity index is 0.000000165. The zero-order valence-corrected chi connectivity index (χ0v) is 8.98. The van der Waals surface area contributed by atoms with Crippen molar-refractivity contribution in [3.63, 3.8) is 0 Å². The molecule has 16 heavy (non-hydrogen) atoms. The Morgan fingerprint density at radius 1 is 1.38 bits per heavy atom. The van der Waals surface area contributed by atoms with Crippen LogP contribution in [0.3, 0.4) is 0 Å². The van der Waals surface area contributed by atoms with Crippen LogP contribution in [0, 0.1) is 0 Å². The summed E-state index contributed by atoms with van der Waals surface area (Å²) in [4.78, 5) is 23.2. The second-order valence-electron chi connectivity index (χ2n) is 3.83. The molecule has 1 amide bonds. The third-order valence-corrected chi connectivity index (χ3v) is 2.57. The number of primary amides is 1. The summed E-state index contributed by atoms with van der Waals surface area (Å²) >= 11 is 0. The standard InChI is InChI=1S/C6H11NO2.C5H5NO/c7-5(8)6(9)3-1-2-4-6;7-5-3-1-2-4-6-5/h9H,1-4H2,(H2,7,8);1-4H,(H,6,7). The fourth-order valence-corrected chi connectivity index (χ4v) is 1.58. The molecule has 0 radical (unpaired) electrons. The summed E-state index contributed by atoms with van der Waals surface area (Å²) < 4.78 is 0. The molecule has 1 aromatic heterocycles. The van der Waals surface area contributed by atoms with Gasteiger partial charge in [-0.25, -0.2) is 0 Å². The maximum absolute atomic E-state index is 10.5. The molecule has 1 aromatic rings. The van der Waals surface area contributed by atoms with Gasteiger partial charge in [-0.2, -0.15) is 0 Å². The lowest BCUT2D eigenvalue weighted by Crippen LogP contribution is -2.40. The van der Waals surface area contributed by atoms with E-state index in [0.29, 0.717) is 12.8 Å². The van der Waals surface area contributed by atoms with Gasteiger partial charge in [-0.15, -0.1) is 0 Å². The molecule has 0 spiro atoms. The predicted octanol–water partition coefficient (Wildman–Crippen LogP) is 0.152. The highest BCUT2D eigenvalue weighted by Gasteiger charge is 2.36. The van der Waals surface area contributed by atoms with Gasteiger partial charge in [0, 0.05) is 12.3 Å². The first kappa shape index (κ1) is 12.4. The zero-order valence-electron chi connectivity index (χ0n) is 8.98. The molecule has 1 saturated carbocycles. The number of nitrogens with one attached hydrogen (secondary N) is 1. The monoisotopic (exact) mass is 224 g/mol. The Morgan fingerprint density at radius 3 is 2.25 bits per heavy atom. The molecule has 5 nitrogen and oxygen atoms in total. The first-order valence-corrected chi connectivity index (χ1v) is 5.20. The van der Waals surface area contributed by atoms with Crippen molar-refractivity contribution in [2.75, 3.05) is 0 Å². The lowest BCUT2D eigenvalue weighted by Gasteiger charge is -2.15. The number of H-pyrrole nitrogens is 1. The van der Waals surface area contributed by atoms with Crippen LogP contribution in [-0.4, -0.2) is 21.6 Å². The van der Waals surface area contributed by atoms with Gasteiger partial charge in [0.05, 0.1) is 0 Å². The topological polar surface area (TPSA) is 96.2 Å². The molecular formula is C11H16N2O3. The Hall–Kier alpha value is -1.62. The van der Waals surface area contributed by atoms with Crippen molar-refractivity contribution in [1.29, 1.82) is 0 Å². The number of aliphatic hydroxyl groups is 1. The molecule has 2 rings (SSSR count). The van der Waals surface area contributed by atoms with E-state index >= 15 is 0 Å². The predicted molar refractivity (Wildman–Crippen MR) is 59.7 cm³/mol. The van der Waals surface area contributed by atoms with Crippen LogP contribution < -0.4 is 11.3 Å². The average Bonchev–Trinajstić information content (AvgIpc) is 2.69. The molecular weight excluding hydrogens is 208 g/mol. The molecule has 0 saturated heterocycles. The Kier molecular flexibility index (Phi) is 4.25. The minimum absolute atomic E-state index is 0.0532. The van der Waals surface area contributed by atoms with E-state index < -0.39 is 11.5 Å². The largest absolute Gasteiger partial charge is 0.380 e. The van der Waals surface area contributed by atoms with Gasteiger partial charge in [0.2, 0.25) is 11.5 Å². The second-order valence-corrected chi connectivity index (χ2v) is 3.83.